The first kappa shape index (κ1) is 17.7. The van der Waals surface area contributed by atoms with Gasteiger partial charge in [0.15, 0.2) is 0 Å². The van der Waals surface area contributed by atoms with E-state index < -0.39 is 0 Å². The Labute approximate surface area is 137 Å². The van der Waals surface area contributed by atoms with Crippen molar-refractivity contribution in [3.05, 3.63) is 64.5 Å². The summed E-state index contributed by atoms with van der Waals surface area (Å²) < 4.78 is 0. The predicted octanol–water partition coefficient (Wildman–Crippen LogP) is 5.39. The Kier molecular flexibility index (Phi) is 7.15. The molecule has 0 spiro atoms. The molecule has 2 rings (SSSR count). The fourth-order valence-corrected chi connectivity index (χ4v) is 2.81. The average Bonchev–Trinajstić information content (AvgIpc) is 3.08. The van der Waals surface area contributed by atoms with Crippen LogP contribution in [0, 0.1) is 18.3 Å². The molecule has 1 N–H and O–H groups in total. The van der Waals surface area contributed by atoms with Gasteiger partial charge in [-0.25, -0.2) is 0 Å². The fourth-order valence-electron chi connectivity index (χ4n) is 2.15. The van der Waals surface area contributed by atoms with Crippen molar-refractivity contribution in [3.8, 4) is 17.2 Å². The first-order valence-electron chi connectivity index (χ1n) is 7.28. The van der Waals surface area contributed by atoms with Crippen LogP contribution in [-0.4, -0.2) is 7.05 Å². The molecule has 1 aromatic heterocycles. The zero-order valence-corrected chi connectivity index (χ0v) is 14.4. The van der Waals surface area contributed by atoms with Gasteiger partial charge in [0.2, 0.25) is 0 Å². The molecule has 114 valence electrons. The number of aryl methyl sites for hydroxylation is 1. The van der Waals surface area contributed by atoms with Gasteiger partial charge in [-0.15, -0.1) is 0 Å². The summed E-state index contributed by atoms with van der Waals surface area (Å²) in [6, 6.07) is 10.6. The molecule has 1 aromatic carbocycles. The second-order valence-corrected chi connectivity index (χ2v) is 5.23. The Morgan fingerprint density at radius 1 is 1.27 bits per heavy atom. The van der Waals surface area contributed by atoms with Gasteiger partial charge in [-0.05, 0) is 52.1 Å². The van der Waals surface area contributed by atoms with E-state index in [1.54, 1.807) is 24.5 Å². The lowest BCUT2D eigenvalue weighted by atomic mass is 9.96. The van der Waals surface area contributed by atoms with Crippen molar-refractivity contribution >= 4 is 16.9 Å². The number of nitrogens with one attached hydrogen (secondary N) is 1. The van der Waals surface area contributed by atoms with Crippen LogP contribution in [0.5, 0.6) is 0 Å². The summed E-state index contributed by atoms with van der Waals surface area (Å²) in [7, 11) is 1.75. The quantitative estimate of drug-likeness (QED) is 0.607. The highest BCUT2D eigenvalue weighted by Crippen LogP contribution is 2.28. The van der Waals surface area contributed by atoms with Crippen LogP contribution in [0.2, 0.25) is 0 Å². The standard InChI is InChI=1S/C17H16N2S.C2H6/c1-4-16(17(10-18)19-3)15-8-12(2)7-14(9-15)13-5-6-20-11-13;1-2/h4-9,11,19H,1H2,2-3H3;1-2H3/b17-16+;. The van der Waals surface area contributed by atoms with Crippen molar-refractivity contribution in [1.82, 2.24) is 5.32 Å². The molecule has 0 atom stereocenters. The van der Waals surface area contributed by atoms with Crippen molar-refractivity contribution in [2.75, 3.05) is 7.05 Å². The van der Waals surface area contributed by atoms with Crippen molar-refractivity contribution < 1.29 is 0 Å². The average molecular weight is 310 g/mol. The van der Waals surface area contributed by atoms with Crippen LogP contribution in [-0.2, 0) is 0 Å². The molecule has 2 aromatic rings. The smallest absolute Gasteiger partial charge is 0.121 e. The summed E-state index contributed by atoms with van der Waals surface area (Å²) in [6.45, 7) is 9.89. The summed E-state index contributed by atoms with van der Waals surface area (Å²) in [5, 5.41) is 16.3. The summed E-state index contributed by atoms with van der Waals surface area (Å²) in [6.07, 6.45) is 1.72. The highest BCUT2D eigenvalue weighted by Gasteiger charge is 2.08. The maximum atomic E-state index is 9.19. The molecule has 0 amide bonds. The Balaban J connectivity index is 0.00000116. The summed E-state index contributed by atoms with van der Waals surface area (Å²) in [5.41, 5.74) is 5.89. The summed E-state index contributed by atoms with van der Waals surface area (Å²) in [4.78, 5) is 0. The van der Waals surface area contributed by atoms with Gasteiger partial charge in [0.25, 0.3) is 0 Å². The lowest BCUT2D eigenvalue weighted by Crippen LogP contribution is -2.06. The molecule has 0 bridgehead atoms. The molecule has 0 aliphatic heterocycles. The van der Waals surface area contributed by atoms with Gasteiger partial charge >= 0.3 is 0 Å². The van der Waals surface area contributed by atoms with Crippen LogP contribution in [0.1, 0.15) is 25.0 Å². The summed E-state index contributed by atoms with van der Waals surface area (Å²) >= 11 is 1.68. The SMILES string of the molecule is C=C/C(=C(/C#N)NC)c1cc(C)cc(-c2ccsc2)c1.CC. The zero-order chi connectivity index (χ0) is 16.5. The minimum absolute atomic E-state index is 0.530. The number of nitrogens with zero attached hydrogens (tertiary/aromatic N) is 1. The second kappa shape index (κ2) is 8.86. The molecule has 1 heterocycles. The molecule has 0 saturated heterocycles. The number of hydrogen-bond donors (Lipinski definition) is 1. The third-order valence-corrected chi connectivity index (χ3v) is 3.76. The second-order valence-electron chi connectivity index (χ2n) is 4.45. The van der Waals surface area contributed by atoms with Crippen LogP contribution >= 0.6 is 11.3 Å². The summed E-state index contributed by atoms with van der Waals surface area (Å²) in [5.74, 6) is 0. The van der Waals surface area contributed by atoms with Gasteiger partial charge < -0.3 is 5.32 Å². The number of thiophene rings is 1. The number of rotatable bonds is 4. The lowest BCUT2D eigenvalue weighted by Gasteiger charge is -2.10. The van der Waals surface area contributed by atoms with Gasteiger partial charge in [0, 0.05) is 12.6 Å². The molecule has 0 unspecified atom stereocenters. The molecule has 22 heavy (non-hydrogen) atoms. The number of allylic oxidation sites excluding steroid dienone is 3. The van der Waals surface area contributed by atoms with Crippen molar-refractivity contribution in [1.29, 1.82) is 5.26 Å². The van der Waals surface area contributed by atoms with E-state index in [0.29, 0.717) is 5.70 Å². The van der Waals surface area contributed by atoms with E-state index in [9.17, 15) is 5.26 Å². The van der Waals surface area contributed by atoms with Crippen LogP contribution in [0.4, 0.5) is 0 Å². The fraction of sp³-hybridized carbons (Fsp3) is 0.211. The number of hydrogen-bond acceptors (Lipinski definition) is 3. The van der Waals surface area contributed by atoms with Crippen LogP contribution in [0.3, 0.4) is 0 Å². The van der Waals surface area contributed by atoms with E-state index in [1.165, 1.54) is 5.56 Å². The van der Waals surface area contributed by atoms with Crippen LogP contribution < -0.4 is 5.32 Å². The lowest BCUT2D eigenvalue weighted by molar-refractivity contribution is 1.04. The largest absolute Gasteiger partial charge is 0.379 e. The Morgan fingerprint density at radius 3 is 2.50 bits per heavy atom. The van der Waals surface area contributed by atoms with Crippen molar-refractivity contribution in [2.45, 2.75) is 20.8 Å². The number of benzene rings is 1. The van der Waals surface area contributed by atoms with Gasteiger partial charge in [-0.3, -0.25) is 0 Å². The van der Waals surface area contributed by atoms with Crippen molar-refractivity contribution in [3.63, 3.8) is 0 Å². The Bertz CT molecular complexity index is 689. The van der Waals surface area contributed by atoms with Crippen molar-refractivity contribution in [2.24, 2.45) is 0 Å². The normalized spacial score (nSPS) is 10.7. The molecular formula is C19H22N2S. The topological polar surface area (TPSA) is 35.8 Å². The Morgan fingerprint density at radius 2 is 2.00 bits per heavy atom. The van der Waals surface area contributed by atoms with E-state index in [2.05, 4.69) is 59.9 Å². The third kappa shape index (κ3) is 4.09. The maximum absolute atomic E-state index is 9.19. The zero-order valence-electron chi connectivity index (χ0n) is 13.6. The van der Waals surface area contributed by atoms with Gasteiger partial charge in [0.05, 0.1) is 0 Å². The molecule has 3 heteroatoms. The third-order valence-electron chi connectivity index (χ3n) is 3.08. The van der Waals surface area contributed by atoms with E-state index in [4.69, 9.17) is 0 Å². The Hall–Kier alpha value is -2.31. The van der Waals surface area contributed by atoms with E-state index in [1.807, 2.05) is 13.8 Å². The van der Waals surface area contributed by atoms with E-state index in [-0.39, 0.29) is 0 Å². The van der Waals surface area contributed by atoms with Crippen LogP contribution in [0.15, 0.2) is 53.4 Å². The van der Waals surface area contributed by atoms with Crippen LogP contribution in [0.25, 0.3) is 16.7 Å². The molecule has 0 radical (unpaired) electrons. The molecule has 2 nitrogen and oxygen atoms in total. The number of nitriles is 1. The minimum Gasteiger partial charge on any atom is -0.379 e. The van der Waals surface area contributed by atoms with Gasteiger partial charge in [-0.2, -0.15) is 16.6 Å². The van der Waals surface area contributed by atoms with E-state index in [0.717, 1.165) is 22.3 Å². The first-order valence-corrected chi connectivity index (χ1v) is 8.23. The molecule has 0 saturated carbocycles. The highest BCUT2D eigenvalue weighted by molar-refractivity contribution is 7.08. The first-order chi connectivity index (χ1) is 10.7. The molecular weight excluding hydrogens is 288 g/mol. The molecule has 0 aliphatic carbocycles. The van der Waals surface area contributed by atoms with Gasteiger partial charge in [0.1, 0.15) is 11.8 Å². The molecule has 0 fully saturated rings. The maximum Gasteiger partial charge on any atom is 0.121 e. The monoisotopic (exact) mass is 310 g/mol. The van der Waals surface area contributed by atoms with E-state index >= 15 is 0 Å². The highest BCUT2D eigenvalue weighted by atomic mass is 32.1. The predicted molar refractivity (Wildman–Crippen MR) is 97.6 cm³/mol. The molecule has 0 aliphatic rings. The minimum atomic E-state index is 0.530. The van der Waals surface area contributed by atoms with Gasteiger partial charge in [-0.1, -0.05) is 38.6 Å².